The number of aromatic nitrogens is 5. The zero-order valence-corrected chi connectivity index (χ0v) is 11.8. The Balaban J connectivity index is 2.18. The number of hydrogen-bond donors (Lipinski definition) is 1. The maximum Gasteiger partial charge on any atom is 0.164 e. The second kappa shape index (κ2) is 5.21. The van der Waals surface area contributed by atoms with Crippen LogP contribution >= 0.6 is 0 Å². The van der Waals surface area contributed by atoms with Crippen LogP contribution in [0.2, 0.25) is 0 Å². The number of fused-ring (bicyclic) bond motifs is 1. The van der Waals surface area contributed by atoms with Crippen LogP contribution in [-0.4, -0.2) is 24.7 Å². The van der Waals surface area contributed by atoms with E-state index in [2.05, 4.69) is 31.9 Å². The van der Waals surface area contributed by atoms with E-state index in [1.807, 2.05) is 32.0 Å². The minimum atomic E-state index is 0.159. The number of nitrogens with two attached hydrogens (primary N) is 1. The lowest BCUT2D eigenvalue weighted by molar-refractivity contribution is 0.545. The van der Waals surface area contributed by atoms with Gasteiger partial charge < -0.3 is 5.73 Å². The molecule has 0 aliphatic rings. The van der Waals surface area contributed by atoms with Crippen molar-refractivity contribution in [2.75, 3.05) is 5.73 Å². The number of hydrogen-bond acceptors (Lipinski definition) is 5. The van der Waals surface area contributed by atoms with E-state index < -0.39 is 0 Å². The predicted octanol–water partition coefficient (Wildman–Crippen LogP) is 1.78. The summed E-state index contributed by atoms with van der Waals surface area (Å²) in [6, 6.07) is 5.74. The summed E-state index contributed by atoms with van der Waals surface area (Å²) in [5.74, 6) is 6.39. The molecule has 0 radical (unpaired) electrons. The molecule has 0 amide bonds. The summed E-state index contributed by atoms with van der Waals surface area (Å²) in [6.45, 7) is 4.06. The molecule has 3 aromatic rings. The van der Waals surface area contributed by atoms with Crippen LogP contribution in [0.15, 0.2) is 30.7 Å². The van der Waals surface area contributed by atoms with E-state index in [0.29, 0.717) is 28.2 Å². The predicted molar refractivity (Wildman–Crippen MR) is 80.3 cm³/mol. The van der Waals surface area contributed by atoms with Crippen molar-refractivity contribution >= 4 is 16.9 Å². The molecule has 0 saturated heterocycles. The number of rotatable bonds is 1. The highest BCUT2D eigenvalue weighted by Crippen LogP contribution is 2.23. The maximum atomic E-state index is 5.95. The third kappa shape index (κ3) is 2.41. The fourth-order valence-corrected chi connectivity index (χ4v) is 2.00. The van der Waals surface area contributed by atoms with Crippen molar-refractivity contribution in [2.24, 2.45) is 0 Å². The molecule has 0 spiro atoms. The van der Waals surface area contributed by atoms with Gasteiger partial charge in [0.2, 0.25) is 0 Å². The second-order valence-corrected chi connectivity index (χ2v) is 4.81. The topological polar surface area (TPSA) is 82.5 Å². The van der Waals surface area contributed by atoms with Crippen LogP contribution in [-0.2, 0) is 0 Å². The van der Waals surface area contributed by atoms with Crippen LogP contribution in [0.4, 0.5) is 5.82 Å². The first-order chi connectivity index (χ1) is 10.2. The molecule has 0 aromatic carbocycles. The van der Waals surface area contributed by atoms with Crippen molar-refractivity contribution in [3.8, 4) is 11.8 Å². The van der Waals surface area contributed by atoms with E-state index in [-0.39, 0.29) is 6.04 Å². The SMILES string of the molecule is CC(C)n1nc(C#Cc2ccccn2)c2c(N)ncnc21. The molecule has 0 unspecified atom stereocenters. The lowest BCUT2D eigenvalue weighted by Crippen LogP contribution is -2.04. The van der Waals surface area contributed by atoms with Crippen molar-refractivity contribution < 1.29 is 0 Å². The Morgan fingerprint density at radius 2 is 2.00 bits per heavy atom. The lowest BCUT2D eigenvalue weighted by atomic mass is 10.2. The molecule has 0 aliphatic carbocycles. The molecule has 0 fully saturated rings. The molecule has 0 atom stereocenters. The van der Waals surface area contributed by atoms with Crippen molar-refractivity contribution in [1.82, 2.24) is 24.7 Å². The lowest BCUT2D eigenvalue weighted by Gasteiger charge is -2.05. The van der Waals surface area contributed by atoms with E-state index in [1.54, 1.807) is 10.9 Å². The Hall–Kier alpha value is -2.94. The van der Waals surface area contributed by atoms with Gasteiger partial charge in [-0.05, 0) is 37.8 Å². The largest absolute Gasteiger partial charge is 0.383 e. The fraction of sp³-hybridized carbons (Fsp3) is 0.200. The molecule has 2 N–H and O–H groups in total. The van der Waals surface area contributed by atoms with Crippen molar-refractivity contribution in [3.63, 3.8) is 0 Å². The summed E-state index contributed by atoms with van der Waals surface area (Å²) in [7, 11) is 0. The third-order valence-electron chi connectivity index (χ3n) is 2.98. The van der Waals surface area contributed by atoms with Gasteiger partial charge in [0.1, 0.15) is 23.5 Å². The zero-order valence-electron chi connectivity index (χ0n) is 11.8. The van der Waals surface area contributed by atoms with Gasteiger partial charge in [0.05, 0.1) is 5.39 Å². The minimum Gasteiger partial charge on any atom is -0.383 e. The van der Waals surface area contributed by atoms with Crippen LogP contribution < -0.4 is 5.73 Å². The Bertz CT molecular complexity index is 839. The highest BCUT2D eigenvalue weighted by Gasteiger charge is 2.15. The third-order valence-corrected chi connectivity index (χ3v) is 2.98. The summed E-state index contributed by atoms with van der Waals surface area (Å²) >= 11 is 0. The van der Waals surface area contributed by atoms with Gasteiger partial charge in [-0.15, -0.1) is 0 Å². The molecule has 6 nitrogen and oxygen atoms in total. The average molecular weight is 278 g/mol. The molecule has 0 saturated carbocycles. The van der Waals surface area contributed by atoms with Crippen LogP contribution in [0.25, 0.3) is 11.0 Å². The molecule has 3 heterocycles. The van der Waals surface area contributed by atoms with Crippen molar-refractivity contribution in [3.05, 3.63) is 42.1 Å². The molecule has 0 aliphatic heterocycles. The van der Waals surface area contributed by atoms with Gasteiger partial charge in [0.25, 0.3) is 0 Å². The van der Waals surface area contributed by atoms with E-state index in [4.69, 9.17) is 5.73 Å². The summed E-state index contributed by atoms with van der Waals surface area (Å²) < 4.78 is 1.80. The highest BCUT2D eigenvalue weighted by molar-refractivity contribution is 5.90. The Morgan fingerprint density at radius 3 is 2.71 bits per heavy atom. The summed E-state index contributed by atoms with van der Waals surface area (Å²) in [5.41, 5.74) is 7.90. The van der Waals surface area contributed by atoms with E-state index in [9.17, 15) is 0 Å². The van der Waals surface area contributed by atoms with Crippen LogP contribution in [0, 0.1) is 11.8 Å². The molecule has 21 heavy (non-hydrogen) atoms. The van der Waals surface area contributed by atoms with Crippen LogP contribution in [0.5, 0.6) is 0 Å². The van der Waals surface area contributed by atoms with Crippen LogP contribution in [0.3, 0.4) is 0 Å². The van der Waals surface area contributed by atoms with Crippen molar-refractivity contribution in [1.29, 1.82) is 0 Å². The second-order valence-electron chi connectivity index (χ2n) is 4.81. The summed E-state index contributed by atoms with van der Waals surface area (Å²) in [6.07, 6.45) is 3.14. The molecule has 3 rings (SSSR count). The summed E-state index contributed by atoms with van der Waals surface area (Å²) in [5, 5.41) is 5.19. The molecular weight excluding hydrogens is 264 g/mol. The Labute approximate surface area is 122 Å². The minimum absolute atomic E-state index is 0.159. The van der Waals surface area contributed by atoms with Gasteiger partial charge in [0, 0.05) is 12.2 Å². The maximum absolute atomic E-state index is 5.95. The average Bonchev–Trinajstić information content (AvgIpc) is 2.87. The van der Waals surface area contributed by atoms with Gasteiger partial charge in [0.15, 0.2) is 5.65 Å². The van der Waals surface area contributed by atoms with Gasteiger partial charge in [-0.25, -0.2) is 19.6 Å². The molecular formula is C15H14N6. The normalized spacial score (nSPS) is 10.6. The Kier molecular flexibility index (Phi) is 3.24. The van der Waals surface area contributed by atoms with Gasteiger partial charge in [-0.3, -0.25) is 0 Å². The number of nitrogens with zero attached hydrogens (tertiary/aromatic N) is 5. The van der Waals surface area contributed by atoms with Crippen LogP contribution in [0.1, 0.15) is 31.3 Å². The standard InChI is InChI=1S/C15H14N6/c1-10(2)21-15-13(14(16)18-9-19-15)12(20-21)7-6-11-5-3-4-8-17-11/h3-5,8-10H,1-2H3,(H2,16,18,19). The molecule has 104 valence electrons. The molecule has 6 heteroatoms. The first-order valence-electron chi connectivity index (χ1n) is 6.58. The highest BCUT2D eigenvalue weighted by atomic mass is 15.3. The smallest absolute Gasteiger partial charge is 0.164 e. The van der Waals surface area contributed by atoms with E-state index in [0.717, 1.165) is 0 Å². The molecule has 0 bridgehead atoms. The monoisotopic (exact) mass is 278 g/mol. The van der Waals surface area contributed by atoms with Gasteiger partial charge >= 0.3 is 0 Å². The van der Waals surface area contributed by atoms with Gasteiger partial charge in [-0.2, -0.15) is 5.10 Å². The summed E-state index contributed by atoms with van der Waals surface area (Å²) in [4.78, 5) is 12.5. The number of pyridine rings is 1. The first kappa shape index (κ1) is 13.1. The zero-order chi connectivity index (χ0) is 14.8. The Morgan fingerprint density at radius 1 is 1.14 bits per heavy atom. The quantitative estimate of drug-likeness (QED) is 0.686. The van der Waals surface area contributed by atoms with Crippen molar-refractivity contribution in [2.45, 2.75) is 19.9 Å². The number of nitrogen functional groups attached to an aromatic ring is 1. The number of anilines is 1. The van der Waals surface area contributed by atoms with E-state index in [1.165, 1.54) is 6.33 Å². The van der Waals surface area contributed by atoms with E-state index >= 15 is 0 Å². The van der Waals surface area contributed by atoms with Gasteiger partial charge in [-0.1, -0.05) is 6.07 Å². The molecule has 3 aromatic heterocycles. The fourth-order valence-electron chi connectivity index (χ4n) is 2.00. The first-order valence-corrected chi connectivity index (χ1v) is 6.58.